The van der Waals surface area contributed by atoms with Crippen LogP contribution >= 0.6 is 35.3 Å². The van der Waals surface area contributed by atoms with E-state index in [0.29, 0.717) is 19.0 Å². The van der Waals surface area contributed by atoms with Crippen LogP contribution in [0.4, 0.5) is 0 Å². The summed E-state index contributed by atoms with van der Waals surface area (Å²) in [5.74, 6) is 1.36. The van der Waals surface area contributed by atoms with Crippen LogP contribution in [0, 0.1) is 0 Å². The van der Waals surface area contributed by atoms with Crippen LogP contribution in [0.3, 0.4) is 0 Å². The first-order chi connectivity index (χ1) is 14.6. The summed E-state index contributed by atoms with van der Waals surface area (Å²) in [4.78, 5) is 23.9. The molecule has 2 N–H and O–H groups in total. The normalized spacial score (nSPS) is 14.3. The molecule has 1 aliphatic rings. The molecule has 0 saturated carbocycles. The molecule has 0 spiro atoms. The number of hydrogen-bond acceptors (Lipinski definition) is 4. The Morgan fingerprint density at radius 1 is 1.16 bits per heavy atom. The highest BCUT2D eigenvalue weighted by Crippen LogP contribution is 2.17. The van der Waals surface area contributed by atoms with Crippen LogP contribution in [0.15, 0.2) is 34.6 Å². The Bertz CT molecular complexity index is 844. The van der Waals surface area contributed by atoms with E-state index in [2.05, 4.69) is 46.8 Å². The molecule has 8 heteroatoms. The van der Waals surface area contributed by atoms with Crippen molar-refractivity contribution in [2.45, 2.75) is 59.0 Å². The number of hydrogen-bond donors (Lipinski definition) is 2. The first kappa shape index (κ1) is 25.6. The molecule has 6 nitrogen and oxygen atoms in total. The van der Waals surface area contributed by atoms with Crippen LogP contribution in [-0.4, -0.2) is 41.4 Å². The van der Waals surface area contributed by atoms with E-state index in [4.69, 9.17) is 0 Å². The summed E-state index contributed by atoms with van der Waals surface area (Å²) in [6.45, 7) is 10.1. The van der Waals surface area contributed by atoms with Gasteiger partial charge in [0, 0.05) is 30.6 Å². The van der Waals surface area contributed by atoms with Gasteiger partial charge in [-0.2, -0.15) is 0 Å². The third-order valence-electron chi connectivity index (χ3n) is 5.18. The van der Waals surface area contributed by atoms with Gasteiger partial charge in [-0.25, -0.2) is 9.98 Å². The molecular formula is C23H34IN5OS. The number of likely N-dealkylation sites (tertiary alicyclic amines) is 1. The molecule has 1 aromatic carbocycles. The van der Waals surface area contributed by atoms with Gasteiger partial charge in [-0.15, -0.1) is 35.3 Å². The largest absolute Gasteiger partial charge is 0.357 e. The molecule has 0 aliphatic carbocycles. The summed E-state index contributed by atoms with van der Waals surface area (Å²) in [7, 11) is 0. The minimum atomic E-state index is 0. The van der Waals surface area contributed by atoms with E-state index < -0.39 is 0 Å². The average molecular weight is 556 g/mol. The average Bonchev–Trinajstić information content (AvgIpc) is 3.26. The molecule has 2 aromatic rings. The number of benzene rings is 1. The van der Waals surface area contributed by atoms with E-state index in [1.165, 1.54) is 6.42 Å². The highest BCUT2D eigenvalue weighted by Gasteiger charge is 2.17. The number of carbonyl (C=O) groups excluding carboxylic acids is 1. The molecule has 2 heterocycles. The molecule has 0 radical (unpaired) electrons. The van der Waals surface area contributed by atoms with E-state index in [1.807, 2.05) is 29.2 Å². The number of nitrogens with zero attached hydrogens (tertiary/aromatic N) is 3. The fraction of sp³-hybridized carbons (Fsp3) is 0.522. The summed E-state index contributed by atoms with van der Waals surface area (Å²) in [6, 6.07) is 7.84. The van der Waals surface area contributed by atoms with Gasteiger partial charge in [0.05, 0.1) is 18.8 Å². The molecule has 1 amide bonds. The molecule has 1 aromatic heterocycles. The molecule has 1 aliphatic heterocycles. The van der Waals surface area contributed by atoms with Gasteiger partial charge in [0.25, 0.3) is 5.91 Å². The van der Waals surface area contributed by atoms with Crippen molar-refractivity contribution in [1.29, 1.82) is 0 Å². The van der Waals surface area contributed by atoms with Crippen molar-refractivity contribution in [1.82, 2.24) is 20.5 Å². The zero-order valence-electron chi connectivity index (χ0n) is 18.7. The molecule has 0 unspecified atom stereocenters. The summed E-state index contributed by atoms with van der Waals surface area (Å²) < 4.78 is 0. The highest BCUT2D eigenvalue weighted by atomic mass is 127. The molecule has 0 bridgehead atoms. The Morgan fingerprint density at radius 2 is 1.87 bits per heavy atom. The Hall–Kier alpha value is -1.68. The zero-order valence-corrected chi connectivity index (χ0v) is 21.8. The lowest BCUT2D eigenvalue weighted by Gasteiger charge is -2.26. The second kappa shape index (κ2) is 13.0. The Balaban J connectivity index is 0.00000341. The maximum atomic E-state index is 12.6. The molecule has 0 atom stereocenters. The van der Waals surface area contributed by atoms with Crippen molar-refractivity contribution in [2.75, 3.05) is 19.6 Å². The number of thiazole rings is 1. The number of aromatic nitrogens is 1. The van der Waals surface area contributed by atoms with Gasteiger partial charge in [-0.1, -0.05) is 26.0 Å². The molecule has 3 rings (SSSR count). The first-order valence-electron chi connectivity index (χ1n) is 10.9. The zero-order chi connectivity index (χ0) is 21.3. The summed E-state index contributed by atoms with van der Waals surface area (Å²) in [5.41, 5.74) is 2.98. The second-order valence-corrected chi connectivity index (χ2v) is 8.86. The quantitative estimate of drug-likeness (QED) is 0.294. The van der Waals surface area contributed by atoms with Crippen LogP contribution in [-0.2, 0) is 13.1 Å². The van der Waals surface area contributed by atoms with Crippen molar-refractivity contribution in [3.05, 3.63) is 51.5 Å². The van der Waals surface area contributed by atoms with E-state index >= 15 is 0 Å². The fourth-order valence-corrected chi connectivity index (χ4v) is 4.27. The van der Waals surface area contributed by atoms with Gasteiger partial charge in [0.1, 0.15) is 5.01 Å². The van der Waals surface area contributed by atoms with Gasteiger partial charge >= 0.3 is 0 Å². The number of carbonyl (C=O) groups is 1. The summed E-state index contributed by atoms with van der Waals surface area (Å²) in [6.07, 6.45) is 3.45. The second-order valence-electron chi connectivity index (χ2n) is 7.92. The highest BCUT2D eigenvalue weighted by molar-refractivity contribution is 14.0. The van der Waals surface area contributed by atoms with Gasteiger partial charge in [0.2, 0.25) is 0 Å². The maximum Gasteiger partial charge on any atom is 0.253 e. The molecule has 1 saturated heterocycles. The molecular weight excluding hydrogens is 521 g/mol. The van der Waals surface area contributed by atoms with Crippen LogP contribution in [0.25, 0.3) is 0 Å². The predicted octanol–water partition coefficient (Wildman–Crippen LogP) is 4.77. The minimum absolute atomic E-state index is 0. The van der Waals surface area contributed by atoms with Gasteiger partial charge < -0.3 is 15.5 Å². The van der Waals surface area contributed by atoms with Crippen LogP contribution in [0.5, 0.6) is 0 Å². The molecule has 31 heavy (non-hydrogen) atoms. The number of amides is 1. The van der Waals surface area contributed by atoms with Gasteiger partial charge in [-0.3, -0.25) is 4.79 Å². The van der Waals surface area contributed by atoms with Crippen molar-refractivity contribution < 1.29 is 4.79 Å². The molecule has 1 fully saturated rings. The first-order valence-corrected chi connectivity index (χ1v) is 11.8. The number of guanidine groups is 1. The lowest BCUT2D eigenvalue weighted by atomic mass is 10.1. The van der Waals surface area contributed by atoms with E-state index in [1.54, 1.807) is 11.3 Å². The predicted molar refractivity (Wildman–Crippen MR) is 139 cm³/mol. The SMILES string of the molecule is CCNC(=NCc1ccc(C(=O)N2CCCCC2)cc1)NCc1nc(C(C)C)cs1.I. The maximum absolute atomic E-state index is 12.6. The molecule has 170 valence electrons. The number of nitrogens with one attached hydrogen (secondary N) is 2. The third-order valence-corrected chi connectivity index (χ3v) is 6.04. The van der Waals surface area contributed by atoms with E-state index in [-0.39, 0.29) is 29.9 Å². The standard InChI is InChI=1S/C23H33N5OS.HI/c1-4-24-23(26-15-21-27-20(16-30-21)17(2)3)25-14-18-8-10-19(11-9-18)22(29)28-12-6-5-7-13-28;/h8-11,16-17H,4-7,12-15H2,1-3H3,(H2,24,25,26);1H. The number of piperidine rings is 1. The van der Waals surface area contributed by atoms with Crippen molar-refractivity contribution in [3.8, 4) is 0 Å². The summed E-state index contributed by atoms with van der Waals surface area (Å²) in [5, 5.41) is 9.82. The van der Waals surface area contributed by atoms with Crippen LogP contribution in [0.1, 0.15) is 72.6 Å². The Kier molecular flexibility index (Phi) is 10.7. The Morgan fingerprint density at radius 3 is 2.48 bits per heavy atom. The summed E-state index contributed by atoms with van der Waals surface area (Å²) >= 11 is 1.68. The fourth-order valence-electron chi connectivity index (χ4n) is 3.38. The topological polar surface area (TPSA) is 69.6 Å². The van der Waals surface area contributed by atoms with E-state index in [0.717, 1.165) is 60.3 Å². The Labute approximate surface area is 207 Å². The monoisotopic (exact) mass is 555 g/mol. The number of aliphatic imine (C=N–C) groups is 1. The van der Waals surface area contributed by atoms with E-state index in [9.17, 15) is 4.79 Å². The van der Waals surface area contributed by atoms with Crippen LogP contribution < -0.4 is 10.6 Å². The van der Waals surface area contributed by atoms with Crippen molar-refractivity contribution in [2.24, 2.45) is 4.99 Å². The number of halogens is 1. The van der Waals surface area contributed by atoms with Crippen molar-refractivity contribution in [3.63, 3.8) is 0 Å². The third kappa shape index (κ3) is 7.75. The lowest BCUT2D eigenvalue weighted by Crippen LogP contribution is -2.36. The van der Waals surface area contributed by atoms with Gasteiger partial charge in [-0.05, 0) is 49.8 Å². The van der Waals surface area contributed by atoms with Crippen molar-refractivity contribution >= 4 is 47.2 Å². The van der Waals surface area contributed by atoms with Gasteiger partial charge in [0.15, 0.2) is 5.96 Å². The number of rotatable bonds is 7. The lowest BCUT2D eigenvalue weighted by molar-refractivity contribution is 0.0724. The minimum Gasteiger partial charge on any atom is -0.357 e. The van der Waals surface area contributed by atoms with Crippen LogP contribution in [0.2, 0.25) is 0 Å². The smallest absolute Gasteiger partial charge is 0.253 e.